The van der Waals surface area contributed by atoms with E-state index in [9.17, 15) is 9.18 Å². The lowest BCUT2D eigenvalue weighted by atomic mass is 9.89. The van der Waals surface area contributed by atoms with Crippen LogP contribution in [-0.4, -0.2) is 71.8 Å². The van der Waals surface area contributed by atoms with Crippen LogP contribution in [0.2, 0.25) is 0 Å². The first kappa shape index (κ1) is 22.2. The second-order valence-electron chi connectivity index (χ2n) is 8.84. The van der Waals surface area contributed by atoms with E-state index in [1.54, 1.807) is 12.3 Å². The second-order valence-corrected chi connectivity index (χ2v) is 8.84. The topological polar surface area (TPSA) is 64.9 Å². The Balaban J connectivity index is 1.54. The molecule has 0 spiro atoms. The van der Waals surface area contributed by atoms with Crippen LogP contribution in [0.5, 0.6) is 0 Å². The van der Waals surface area contributed by atoms with Gasteiger partial charge in [0.2, 0.25) is 11.9 Å². The normalized spacial score (nSPS) is 18.6. The highest BCUT2D eigenvalue weighted by Crippen LogP contribution is 2.34. The second kappa shape index (κ2) is 9.63. The number of hydrazone groups is 1. The Bertz CT molecular complexity index is 1010. The fourth-order valence-corrected chi connectivity index (χ4v) is 4.39. The van der Waals surface area contributed by atoms with Crippen molar-refractivity contribution in [3.63, 3.8) is 0 Å². The molecule has 2 aliphatic rings. The molecule has 0 aliphatic carbocycles. The maximum atomic E-state index is 13.9. The molecule has 170 valence electrons. The van der Waals surface area contributed by atoms with Gasteiger partial charge < -0.3 is 9.80 Å². The van der Waals surface area contributed by atoms with Crippen LogP contribution in [0.15, 0.2) is 35.6 Å². The SMILES string of the molecule is CC1=NN(CCC(=O)N2CCC[C@@H](c3nc(N(C)C)ncc3-c3cccc(F)c3)C2)CC1. The lowest BCUT2D eigenvalue weighted by molar-refractivity contribution is -0.132. The Hall–Kier alpha value is -3.03. The van der Waals surface area contributed by atoms with Gasteiger partial charge >= 0.3 is 0 Å². The first-order chi connectivity index (χ1) is 15.4. The quantitative estimate of drug-likeness (QED) is 0.690. The highest BCUT2D eigenvalue weighted by Gasteiger charge is 2.28. The van der Waals surface area contributed by atoms with Crippen LogP contribution in [0.4, 0.5) is 10.3 Å². The Kier molecular flexibility index (Phi) is 6.67. The molecule has 8 heteroatoms. The maximum absolute atomic E-state index is 13.9. The van der Waals surface area contributed by atoms with Crippen molar-refractivity contribution in [1.82, 2.24) is 19.9 Å². The van der Waals surface area contributed by atoms with Crippen molar-refractivity contribution in [2.75, 3.05) is 45.2 Å². The Morgan fingerprint density at radius 3 is 2.84 bits per heavy atom. The van der Waals surface area contributed by atoms with E-state index in [1.165, 1.54) is 12.1 Å². The fraction of sp³-hybridized carbons (Fsp3) is 0.500. The number of hydrogen-bond donors (Lipinski definition) is 0. The minimum Gasteiger partial charge on any atom is -0.347 e. The molecule has 0 unspecified atom stereocenters. The molecule has 1 saturated heterocycles. The molecule has 4 rings (SSSR count). The largest absolute Gasteiger partial charge is 0.347 e. The number of piperidine rings is 1. The van der Waals surface area contributed by atoms with Gasteiger partial charge in [-0.15, -0.1) is 0 Å². The molecule has 3 heterocycles. The first-order valence-electron chi connectivity index (χ1n) is 11.3. The number of amides is 1. The van der Waals surface area contributed by atoms with Gasteiger partial charge in [0.05, 0.1) is 5.69 Å². The van der Waals surface area contributed by atoms with E-state index in [0.717, 1.165) is 54.9 Å². The number of likely N-dealkylation sites (tertiary alicyclic amines) is 1. The van der Waals surface area contributed by atoms with Gasteiger partial charge in [0, 0.05) is 76.5 Å². The number of halogens is 1. The van der Waals surface area contributed by atoms with E-state index in [0.29, 0.717) is 25.5 Å². The van der Waals surface area contributed by atoms with E-state index in [-0.39, 0.29) is 17.6 Å². The van der Waals surface area contributed by atoms with Crippen LogP contribution in [0.25, 0.3) is 11.1 Å². The highest BCUT2D eigenvalue weighted by atomic mass is 19.1. The van der Waals surface area contributed by atoms with Crippen molar-refractivity contribution in [3.8, 4) is 11.1 Å². The maximum Gasteiger partial charge on any atom is 0.225 e. The van der Waals surface area contributed by atoms with Gasteiger partial charge in [-0.1, -0.05) is 12.1 Å². The molecule has 2 aromatic rings. The summed E-state index contributed by atoms with van der Waals surface area (Å²) in [7, 11) is 3.81. The lowest BCUT2D eigenvalue weighted by Crippen LogP contribution is -2.40. The van der Waals surface area contributed by atoms with E-state index in [1.807, 2.05) is 41.9 Å². The summed E-state index contributed by atoms with van der Waals surface area (Å²) in [6.07, 6.45) is 5.07. The molecular formula is C24H31FN6O. The van der Waals surface area contributed by atoms with Crippen LogP contribution < -0.4 is 4.90 Å². The number of hydrogen-bond acceptors (Lipinski definition) is 6. The van der Waals surface area contributed by atoms with Gasteiger partial charge in [-0.05, 0) is 37.5 Å². The summed E-state index contributed by atoms with van der Waals surface area (Å²) in [5.41, 5.74) is 3.60. The lowest BCUT2D eigenvalue weighted by Gasteiger charge is -2.34. The molecule has 0 saturated carbocycles. The number of nitrogens with zero attached hydrogens (tertiary/aromatic N) is 6. The summed E-state index contributed by atoms with van der Waals surface area (Å²) in [5.74, 6) is 0.569. The van der Waals surface area contributed by atoms with Crippen LogP contribution in [0.1, 0.15) is 44.2 Å². The van der Waals surface area contributed by atoms with E-state index >= 15 is 0 Å². The fourth-order valence-electron chi connectivity index (χ4n) is 4.39. The standard InChI is InChI=1S/C24H31FN6O/c1-17-9-12-31(28-17)13-10-22(32)30-11-5-7-19(16-30)23-21(15-26-24(27-23)29(2)3)18-6-4-8-20(25)14-18/h4,6,8,14-15,19H,5,7,9-13,16H2,1-3H3/t19-/m1/s1. The monoisotopic (exact) mass is 438 g/mol. The third kappa shape index (κ3) is 5.06. The van der Waals surface area contributed by atoms with Crippen molar-refractivity contribution in [2.24, 2.45) is 5.10 Å². The number of aromatic nitrogens is 2. The summed E-state index contributed by atoms with van der Waals surface area (Å²) in [6, 6.07) is 6.53. The number of benzene rings is 1. The number of rotatable bonds is 6. The van der Waals surface area contributed by atoms with E-state index < -0.39 is 0 Å². The molecule has 32 heavy (non-hydrogen) atoms. The molecule has 1 aromatic carbocycles. The van der Waals surface area contributed by atoms with E-state index in [4.69, 9.17) is 4.98 Å². The van der Waals surface area contributed by atoms with Crippen LogP contribution in [0.3, 0.4) is 0 Å². The third-order valence-corrected chi connectivity index (χ3v) is 6.13. The zero-order chi connectivity index (χ0) is 22.7. The molecule has 1 amide bonds. The predicted molar refractivity (Wildman–Crippen MR) is 124 cm³/mol. The Labute approximate surface area is 188 Å². The smallest absolute Gasteiger partial charge is 0.225 e. The van der Waals surface area contributed by atoms with Gasteiger partial charge in [-0.2, -0.15) is 5.10 Å². The van der Waals surface area contributed by atoms with Crippen molar-refractivity contribution < 1.29 is 9.18 Å². The number of carbonyl (C=O) groups excluding carboxylic acids is 1. The Morgan fingerprint density at radius 2 is 2.12 bits per heavy atom. The average molecular weight is 439 g/mol. The van der Waals surface area contributed by atoms with Crippen molar-refractivity contribution in [1.29, 1.82) is 0 Å². The number of anilines is 1. The molecule has 1 atom stereocenters. The average Bonchev–Trinajstić information content (AvgIpc) is 3.22. The highest BCUT2D eigenvalue weighted by molar-refractivity contribution is 5.83. The van der Waals surface area contributed by atoms with Crippen LogP contribution >= 0.6 is 0 Å². The van der Waals surface area contributed by atoms with Crippen LogP contribution in [-0.2, 0) is 4.79 Å². The molecule has 7 nitrogen and oxygen atoms in total. The summed E-state index contributed by atoms with van der Waals surface area (Å²) >= 11 is 0. The van der Waals surface area contributed by atoms with Crippen molar-refractivity contribution in [2.45, 2.75) is 38.5 Å². The minimum absolute atomic E-state index is 0.0831. The zero-order valence-electron chi connectivity index (χ0n) is 19.1. The summed E-state index contributed by atoms with van der Waals surface area (Å²) in [4.78, 5) is 26.1. The molecule has 0 N–H and O–H groups in total. The van der Waals surface area contributed by atoms with Gasteiger partial charge in [-0.25, -0.2) is 14.4 Å². The molecular weight excluding hydrogens is 407 g/mol. The molecule has 0 bridgehead atoms. The summed E-state index contributed by atoms with van der Waals surface area (Å²) < 4.78 is 13.9. The molecule has 1 fully saturated rings. The van der Waals surface area contributed by atoms with Gasteiger partial charge in [0.25, 0.3) is 0 Å². The predicted octanol–water partition coefficient (Wildman–Crippen LogP) is 3.53. The Morgan fingerprint density at radius 1 is 1.28 bits per heavy atom. The molecule has 1 aromatic heterocycles. The third-order valence-electron chi connectivity index (χ3n) is 6.13. The first-order valence-corrected chi connectivity index (χ1v) is 11.3. The van der Waals surface area contributed by atoms with Gasteiger partial charge in [0.1, 0.15) is 5.82 Å². The van der Waals surface area contributed by atoms with E-state index in [2.05, 4.69) is 10.1 Å². The molecule has 2 aliphatic heterocycles. The van der Waals surface area contributed by atoms with Crippen LogP contribution in [0, 0.1) is 5.82 Å². The number of carbonyl (C=O) groups is 1. The van der Waals surface area contributed by atoms with Gasteiger partial charge in [-0.3, -0.25) is 9.80 Å². The van der Waals surface area contributed by atoms with Crippen molar-refractivity contribution in [3.05, 3.63) is 42.0 Å². The van der Waals surface area contributed by atoms with Crippen molar-refractivity contribution >= 4 is 17.6 Å². The summed E-state index contributed by atoms with van der Waals surface area (Å²) in [5, 5.41) is 6.46. The minimum atomic E-state index is -0.287. The zero-order valence-corrected chi connectivity index (χ0v) is 19.1. The summed E-state index contributed by atoms with van der Waals surface area (Å²) in [6.45, 7) is 4.96. The van der Waals surface area contributed by atoms with Gasteiger partial charge in [0.15, 0.2) is 0 Å². The molecule has 0 radical (unpaired) electrons.